The number of ketones is 1. The first-order chi connectivity index (χ1) is 7.96. The van der Waals surface area contributed by atoms with Crippen molar-refractivity contribution in [1.82, 2.24) is 0 Å². The first-order valence-corrected chi connectivity index (χ1v) is 7.32. The van der Waals surface area contributed by atoms with Gasteiger partial charge in [0.15, 0.2) is 5.78 Å². The third-order valence-electron chi connectivity index (χ3n) is 2.60. The number of nitrogens with two attached hydrogens (primary N) is 1. The molecule has 5 heteroatoms. The fraction of sp³-hybridized carbons (Fsp3) is 0.417. The summed E-state index contributed by atoms with van der Waals surface area (Å²) in [6.07, 6.45) is -0.0216. The predicted molar refractivity (Wildman–Crippen MR) is 67.3 cm³/mol. The maximum Gasteiger partial charge on any atom is 0.155 e. The number of rotatable bonds is 6. The zero-order valence-corrected chi connectivity index (χ0v) is 10.6. The summed E-state index contributed by atoms with van der Waals surface area (Å²) in [7, 11) is -3.11. The van der Waals surface area contributed by atoms with Crippen molar-refractivity contribution in [1.29, 1.82) is 0 Å². The van der Waals surface area contributed by atoms with Crippen molar-refractivity contribution in [3.05, 3.63) is 35.9 Å². The van der Waals surface area contributed by atoms with E-state index in [0.717, 1.165) is 0 Å². The highest BCUT2D eigenvalue weighted by molar-refractivity contribution is 7.91. The molecule has 0 radical (unpaired) electrons. The van der Waals surface area contributed by atoms with Crippen LogP contribution in [0.5, 0.6) is 0 Å². The molecule has 0 saturated carbocycles. The second-order valence-electron chi connectivity index (χ2n) is 3.84. The lowest BCUT2D eigenvalue weighted by atomic mass is 10.0. The van der Waals surface area contributed by atoms with Crippen LogP contribution >= 0.6 is 0 Å². The quantitative estimate of drug-likeness (QED) is 0.825. The standard InChI is InChI=1S/C12H17NO3S/c1-2-17(15,16)9-8-11(14)12(13)10-6-4-3-5-7-10/h3-7,12H,2,8-9,13H2,1H3. The van der Waals surface area contributed by atoms with Crippen LogP contribution in [0.15, 0.2) is 30.3 Å². The molecule has 0 amide bonds. The number of carbonyl (C=O) groups is 1. The Morgan fingerprint density at radius 1 is 1.29 bits per heavy atom. The molecular weight excluding hydrogens is 238 g/mol. The van der Waals surface area contributed by atoms with Gasteiger partial charge in [0.2, 0.25) is 0 Å². The molecule has 0 heterocycles. The predicted octanol–water partition coefficient (Wildman–Crippen LogP) is 1.08. The van der Waals surface area contributed by atoms with E-state index in [4.69, 9.17) is 5.73 Å². The van der Waals surface area contributed by atoms with Crippen molar-refractivity contribution < 1.29 is 13.2 Å². The van der Waals surface area contributed by atoms with Crippen LogP contribution in [0.3, 0.4) is 0 Å². The summed E-state index contributed by atoms with van der Waals surface area (Å²) in [5.41, 5.74) is 6.48. The molecule has 0 fully saturated rings. The van der Waals surface area contributed by atoms with Crippen molar-refractivity contribution in [2.24, 2.45) is 5.73 Å². The SMILES string of the molecule is CCS(=O)(=O)CCC(=O)C(N)c1ccccc1. The minimum atomic E-state index is -3.11. The molecule has 1 aromatic carbocycles. The summed E-state index contributed by atoms with van der Waals surface area (Å²) < 4.78 is 22.5. The second kappa shape index (κ2) is 5.93. The zero-order valence-electron chi connectivity index (χ0n) is 9.80. The molecule has 94 valence electrons. The number of hydrogen-bond acceptors (Lipinski definition) is 4. The molecule has 0 saturated heterocycles. The number of Topliss-reactive ketones (excluding diaryl/α,β-unsaturated/α-hetero) is 1. The minimum Gasteiger partial charge on any atom is -0.318 e. The van der Waals surface area contributed by atoms with Gasteiger partial charge in [0, 0.05) is 12.2 Å². The number of benzene rings is 1. The average molecular weight is 255 g/mol. The van der Waals surface area contributed by atoms with Crippen LogP contribution in [-0.2, 0) is 14.6 Å². The number of hydrogen-bond donors (Lipinski definition) is 1. The molecule has 1 unspecified atom stereocenters. The lowest BCUT2D eigenvalue weighted by Crippen LogP contribution is -2.24. The molecule has 1 aromatic rings. The average Bonchev–Trinajstić information content (AvgIpc) is 2.36. The minimum absolute atomic E-state index is 0.0216. The van der Waals surface area contributed by atoms with Gasteiger partial charge in [-0.25, -0.2) is 8.42 Å². The molecular formula is C12H17NO3S. The van der Waals surface area contributed by atoms with Gasteiger partial charge in [-0.15, -0.1) is 0 Å². The molecule has 0 aromatic heterocycles. The van der Waals surface area contributed by atoms with Crippen LogP contribution in [0.1, 0.15) is 24.9 Å². The van der Waals surface area contributed by atoms with Crippen molar-refractivity contribution in [2.75, 3.05) is 11.5 Å². The largest absolute Gasteiger partial charge is 0.318 e. The van der Waals surface area contributed by atoms with E-state index in [9.17, 15) is 13.2 Å². The Morgan fingerprint density at radius 2 is 1.88 bits per heavy atom. The van der Waals surface area contributed by atoms with E-state index in [1.54, 1.807) is 31.2 Å². The highest BCUT2D eigenvalue weighted by Gasteiger charge is 2.18. The third-order valence-corrected chi connectivity index (χ3v) is 4.31. The van der Waals surface area contributed by atoms with Crippen molar-refractivity contribution in [3.8, 4) is 0 Å². The lowest BCUT2D eigenvalue weighted by Gasteiger charge is -2.10. The summed E-state index contributed by atoms with van der Waals surface area (Å²) in [4.78, 5) is 11.7. The lowest BCUT2D eigenvalue weighted by molar-refractivity contribution is -0.120. The summed E-state index contributed by atoms with van der Waals surface area (Å²) in [5.74, 6) is -0.308. The molecule has 0 bridgehead atoms. The third kappa shape index (κ3) is 4.28. The molecule has 0 aliphatic carbocycles. The first kappa shape index (κ1) is 13.9. The Labute approximate surface area is 102 Å². The fourth-order valence-corrected chi connectivity index (χ4v) is 2.20. The molecule has 0 aliphatic heterocycles. The van der Waals surface area contributed by atoms with Gasteiger partial charge in [-0.1, -0.05) is 37.3 Å². The van der Waals surface area contributed by atoms with Crippen LogP contribution in [0, 0.1) is 0 Å². The van der Waals surface area contributed by atoms with Crippen LogP contribution in [0.2, 0.25) is 0 Å². The molecule has 17 heavy (non-hydrogen) atoms. The highest BCUT2D eigenvalue weighted by Crippen LogP contribution is 2.12. The van der Waals surface area contributed by atoms with E-state index >= 15 is 0 Å². The Balaban J connectivity index is 2.60. The van der Waals surface area contributed by atoms with Gasteiger partial charge in [-0.2, -0.15) is 0 Å². The molecule has 2 N–H and O–H groups in total. The monoisotopic (exact) mass is 255 g/mol. The van der Waals surface area contributed by atoms with Gasteiger partial charge in [-0.3, -0.25) is 4.79 Å². The summed E-state index contributed by atoms with van der Waals surface area (Å²) >= 11 is 0. The first-order valence-electron chi connectivity index (χ1n) is 5.50. The fourth-order valence-electron chi connectivity index (χ4n) is 1.40. The van der Waals surface area contributed by atoms with E-state index in [0.29, 0.717) is 5.56 Å². The van der Waals surface area contributed by atoms with Gasteiger partial charge < -0.3 is 5.73 Å². The van der Waals surface area contributed by atoms with Crippen LogP contribution < -0.4 is 5.73 Å². The summed E-state index contributed by atoms with van der Waals surface area (Å²) in [5, 5.41) is 0. The van der Waals surface area contributed by atoms with E-state index in [2.05, 4.69) is 0 Å². The van der Waals surface area contributed by atoms with Gasteiger partial charge >= 0.3 is 0 Å². The summed E-state index contributed by atoms with van der Waals surface area (Å²) in [6.45, 7) is 1.57. The smallest absolute Gasteiger partial charge is 0.155 e. The highest BCUT2D eigenvalue weighted by atomic mass is 32.2. The Morgan fingerprint density at radius 3 is 2.41 bits per heavy atom. The van der Waals surface area contributed by atoms with Crippen molar-refractivity contribution in [2.45, 2.75) is 19.4 Å². The van der Waals surface area contributed by atoms with E-state index in [1.807, 2.05) is 6.07 Å². The van der Waals surface area contributed by atoms with E-state index < -0.39 is 15.9 Å². The van der Waals surface area contributed by atoms with Crippen molar-refractivity contribution in [3.63, 3.8) is 0 Å². The van der Waals surface area contributed by atoms with Gasteiger partial charge in [0.1, 0.15) is 9.84 Å². The molecule has 1 atom stereocenters. The van der Waals surface area contributed by atoms with Crippen LogP contribution in [-0.4, -0.2) is 25.7 Å². The maximum absolute atomic E-state index is 11.7. The zero-order chi connectivity index (χ0) is 12.9. The van der Waals surface area contributed by atoms with Crippen LogP contribution in [0.4, 0.5) is 0 Å². The topological polar surface area (TPSA) is 77.2 Å². The second-order valence-corrected chi connectivity index (χ2v) is 6.31. The van der Waals surface area contributed by atoms with Gasteiger partial charge in [-0.05, 0) is 5.56 Å². The Bertz CT molecular complexity index is 468. The Kier molecular flexibility index (Phi) is 4.84. The van der Waals surface area contributed by atoms with Gasteiger partial charge in [0.05, 0.1) is 11.8 Å². The Hall–Kier alpha value is -1.20. The normalized spacial score (nSPS) is 13.3. The van der Waals surface area contributed by atoms with Crippen molar-refractivity contribution >= 4 is 15.6 Å². The molecule has 1 rings (SSSR count). The van der Waals surface area contributed by atoms with E-state index in [1.165, 1.54) is 0 Å². The number of sulfone groups is 1. The molecule has 4 nitrogen and oxygen atoms in total. The number of carbonyl (C=O) groups excluding carboxylic acids is 1. The molecule has 0 aliphatic rings. The van der Waals surface area contributed by atoms with Gasteiger partial charge in [0.25, 0.3) is 0 Å². The van der Waals surface area contributed by atoms with E-state index in [-0.39, 0.29) is 23.7 Å². The summed E-state index contributed by atoms with van der Waals surface area (Å²) in [6, 6.07) is 8.22. The van der Waals surface area contributed by atoms with Crippen LogP contribution in [0.25, 0.3) is 0 Å². The molecule has 0 spiro atoms. The maximum atomic E-state index is 11.7.